The molecule has 5 heterocycles. The van der Waals surface area contributed by atoms with E-state index in [-0.39, 0.29) is 45.2 Å². The first kappa shape index (κ1) is 59.3. The van der Waals surface area contributed by atoms with Crippen LogP contribution in [0.15, 0.2) is 212 Å². The molecule has 1 amide bonds. The van der Waals surface area contributed by atoms with Crippen LogP contribution < -0.4 is 5.32 Å². The Morgan fingerprint density at radius 3 is 1.30 bits per heavy atom. The van der Waals surface area contributed by atoms with Gasteiger partial charge in [0.05, 0.1) is 51.3 Å². The molecule has 86 heavy (non-hydrogen) atoms. The molecule has 1 N–H and O–H groups in total. The minimum Gasteiger partial charge on any atom is -0.453 e. The molecule has 0 radical (unpaired) electrons. The Morgan fingerprint density at radius 2 is 0.814 bits per heavy atom. The molecule has 17 atom stereocenters. The van der Waals surface area contributed by atoms with Gasteiger partial charge in [-0.05, 0) is 41.3 Å². The summed E-state index contributed by atoms with van der Waals surface area (Å²) in [6, 6.07) is 65.8. The molecule has 7 aromatic rings. The van der Waals surface area contributed by atoms with Crippen molar-refractivity contribution in [2.24, 2.45) is 0 Å². The highest BCUT2D eigenvalue weighted by atomic mass is 16.8. The van der Waals surface area contributed by atoms with E-state index in [0.29, 0.717) is 0 Å². The number of benzene rings is 7. The van der Waals surface area contributed by atoms with Crippen molar-refractivity contribution in [2.75, 3.05) is 13.2 Å². The molecule has 0 saturated carbocycles. The largest absolute Gasteiger partial charge is 0.453 e. The molecule has 17 unspecified atom stereocenters. The molecule has 5 saturated heterocycles. The SMILES string of the molecule is CC(=O)NC1C(OCc2ccccc2)OC2COC(c3ccccc3)OC2C1OC1OC2COC(c3ccccc3)OC2C(OC(=O)c2ccccc2)C1OC1OC(C)C(OCc2ccccc2)C(OCc2ccccc2)C1OCc1ccccc1. The quantitative estimate of drug-likeness (QED) is 0.0673. The zero-order valence-electron chi connectivity index (χ0n) is 47.8. The highest BCUT2D eigenvalue weighted by molar-refractivity contribution is 5.89. The van der Waals surface area contributed by atoms with Gasteiger partial charge in [-0.2, -0.15) is 0 Å². The van der Waals surface area contributed by atoms with E-state index < -0.39 is 117 Å². The van der Waals surface area contributed by atoms with Crippen molar-refractivity contribution in [3.05, 3.63) is 251 Å². The summed E-state index contributed by atoms with van der Waals surface area (Å²) in [7, 11) is 0. The summed E-state index contributed by atoms with van der Waals surface area (Å²) in [4.78, 5) is 28.5. The number of fused-ring (bicyclic) bond motifs is 2. The third-order valence-corrected chi connectivity index (χ3v) is 15.8. The fraction of sp³-hybridized carbons (Fsp3) is 0.362. The van der Waals surface area contributed by atoms with E-state index in [9.17, 15) is 9.59 Å². The van der Waals surface area contributed by atoms with Crippen molar-refractivity contribution in [1.29, 1.82) is 0 Å². The van der Waals surface area contributed by atoms with Crippen LogP contribution >= 0.6 is 0 Å². The Bertz CT molecular complexity index is 3200. The first-order chi connectivity index (χ1) is 42.3. The van der Waals surface area contributed by atoms with Crippen molar-refractivity contribution in [3.63, 3.8) is 0 Å². The van der Waals surface area contributed by atoms with Gasteiger partial charge in [0, 0.05) is 18.1 Å². The van der Waals surface area contributed by atoms with Gasteiger partial charge >= 0.3 is 5.97 Å². The Kier molecular flexibility index (Phi) is 19.8. The molecule has 0 aromatic heterocycles. The zero-order valence-corrected chi connectivity index (χ0v) is 47.8. The summed E-state index contributed by atoms with van der Waals surface area (Å²) in [5.41, 5.74) is 5.37. The van der Waals surface area contributed by atoms with Crippen LogP contribution in [-0.4, -0.2) is 117 Å². The van der Waals surface area contributed by atoms with Gasteiger partial charge in [0.15, 0.2) is 43.7 Å². The number of hydrogen-bond donors (Lipinski definition) is 1. The van der Waals surface area contributed by atoms with Crippen molar-refractivity contribution in [3.8, 4) is 0 Å². The van der Waals surface area contributed by atoms with Crippen molar-refractivity contribution in [2.45, 2.75) is 145 Å². The highest BCUT2D eigenvalue weighted by Gasteiger charge is 2.60. The molecule has 5 aliphatic heterocycles. The summed E-state index contributed by atoms with van der Waals surface area (Å²) in [5, 5.41) is 3.10. The van der Waals surface area contributed by atoms with Gasteiger partial charge in [0.2, 0.25) is 5.91 Å². The molecular weight excluding hydrogens is 1100 g/mol. The Hall–Kier alpha value is -7.04. The molecular formula is C69H71NO16. The molecule has 7 aromatic carbocycles. The molecule has 17 heteroatoms. The predicted molar refractivity (Wildman–Crippen MR) is 311 cm³/mol. The molecule has 0 spiro atoms. The van der Waals surface area contributed by atoms with Gasteiger partial charge < -0.3 is 71.6 Å². The maximum atomic E-state index is 14.9. The fourth-order valence-corrected chi connectivity index (χ4v) is 11.6. The maximum Gasteiger partial charge on any atom is 0.338 e. The molecule has 17 nitrogen and oxygen atoms in total. The Labute approximate surface area is 500 Å². The second-order valence-electron chi connectivity index (χ2n) is 21.9. The van der Waals surface area contributed by atoms with E-state index in [1.54, 1.807) is 24.3 Å². The first-order valence-corrected chi connectivity index (χ1v) is 29.3. The third kappa shape index (κ3) is 14.5. The molecule has 5 aliphatic rings. The lowest BCUT2D eigenvalue weighted by Crippen LogP contribution is -2.71. The van der Waals surface area contributed by atoms with Crippen LogP contribution in [0.1, 0.15) is 70.2 Å². The molecule has 0 aliphatic carbocycles. The van der Waals surface area contributed by atoms with Crippen molar-refractivity contribution < 1.29 is 75.9 Å². The topological polar surface area (TPSA) is 175 Å². The Morgan fingerprint density at radius 1 is 0.419 bits per heavy atom. The number of carbonyl (C=O) groups is 2. The van der Waals surface area contributed by atoms with Gasteiger partial charge in [-0.25, -0.2) is 4.79 Å². The van der Waals surface area contributed by atoms with Crippen molar-refractivity contribution in [1.82, 2.24) is 5.32 Å². The second kappa shape index (κ2) is 28.6. The smallest absolute Gasteiger partial charge is 0.338 e. The molecule has 0 bridgehead atoms. The molecule has 12 rings (SSSR count). The normalized spacial score (nSPS) is 30.7. The number of rotatable bonds is 21. The Balaban J connectivity index is 0.966. The highest BCUT2D eigenvalue weighted by Crippen LogP contribution is 2.43. The van der Waals surface area contributed by atoms with Gasteiger partial charge in [0.25, 0.3) is 0 Å². The van der Waals surface area contributed by atoms with E-state index in [2.05, 4.69) is 5.32 Å². The van der Waals surface area contributed by atoms with E-state index in [0.717, 1.165) is 33.4 Å². The first-order valence-electron chi connectivity index (χ1n) is 29.3. The summed E-state index contributed by atoms with van der Waals surface area (Å²) in [6.07, 6.45) is -16.5. The van der Waals surface area contributed by atoms with Gasteiger partial charge in [-0.1, -0.05) is 200 Å². The zero-order chi connectivity index (χ0) is 58.6. The lowest BCUT2D eigenvalue weighted by atomic mass is 9.93. The minimum atomic E-state index is -1.48. The third-order valence-electron chi connectivity index (χ3n) is 15.8. The van der Waals surface area contributed by atoms with E-state index in [1.807, 2.05) is 195 Å². The van der Waals surface area contributed by atoms with Gasteiger partial charge in [-0.15, -0.1) is 0 Å². The lowest BCUT2D eigenvalue weighted by Gasteiger charge is -2.53. The minimum absolute atomic E-state index is 0.0238. The van der Waals surface area contributed by atoms with Crippen LogP contribution in [0.5, 0.6) is 0 Å². The summed E-state index contributed by atoms with van der Waals surface area (Å²) >= 11 is 0. The predicted octanol–water partition coefficient (Wildman–Crippen LogP) is 9.88. The van der Waals surface area contributed by atoms with E-state index >= 15 is 0 Å². The monoisotopic (exact) mass is 1170 g/mol. The summed E-state index contributed by atoms with van der Waals surface area (Å²) in [5.74, 6) is -1.06. The number of esters is 1. The standard InChI is InChI=1S/C69H71NO16/c1-44-56(73-38-46-24-10-3-11-25-46)60(74-39-47-26-12-4-13-27-47)62(75-40-48-28-14-5-15-29-48)68(79-44)86-63-61(82-64(72)50-32-18-7-19-33-50)58-54(43-78-66(84-58)52-36-22-9-23-37-52)81-69(63)85-59-55(70-45(2)71)67(76-41-49-30-16-6-17-31-49)80-53-42-77-65(83-57(53)59)51-34-20-8-21-35-51/h3-37,44,53-63,65-69H,38-43H2,1-2H3,(H,70,71). The van der Waals surface area contributed by atoms with Gasteiger partial charge in [0.1, 0.15) is 54.9 Å². The maximum absolute atomic E-state index is 14.9. The van der Waals surface area contributed by atoms with E-state index in [1.165, 1.54) is 6.92 Å². The van der Waals surface area contributed by atoms with Crippen LogP contribution in [0.2, 0.25) is 0 Å². The number of carbonyl (C=O) groups excluding carboxylic acids is 2. The summed E-state index contributed by atoms with van der Waals surface area (Å²) in [6.45, 7) is 4.02. The summed E-state index contributed by atoms with van der Waals surface area (Å²) < 4.78 is 97.0. The number of nitrogens with one attached hydrogen (secondary N) is 1. The van der Waals surface area contributed by atoms with Crippen LogP contribution in [0.25, 0.3) is 0 Å². The van der Waals surface area contributed by atoms with Crippen molar-refractivity contribution >= 4 is 11.9 Å². The van der Waals surface area contributed by atoms with Crippen LogP contribution in [0, 0.1) is 0 Å². The average molecular weight is 1170 g/mol. The molecule has 448 valence electrons. The number of ether oxygens (including phenoxy) is 14. The van der Waals surface area contributed by atoms with Crippen LogP contribution in [0.3, 0.4) is 0 Å². The fourth-order valence-electron chi connectivity index (χ4n) is 11.6. The van der Waals surface area contributed by atoms with Crippen LogP contribution in [0.4, 0.5) is 0 Å². The lowest BCUT2D eigenvalue weighted by molar-refractivity contribution is -0.414. The average Bonchev–Trinajstić information content (AvgIpc) is 1.13. The second-order valence-corrected chi connectivity index (χ2v) is 21.9. The van der Waals surface area contributed by atoms with E-state index in [4.69, 9.17) is 66.3 Å². The number of amides is 1. The number of hydrogen-bond acceptors (Lipinski definition) is 16. The van der Waals surface area contributed by atoms with Gasteiger partial charge in [-0.3, -0.25) is 4.79 Å². The van der Waals surface area contributed by atoms with Crippen LogP contribution in [-0.2, 0) is 97.5 Å². The molecule has 5 fully saturated rings.